The van der Waals surface area contributed by atoms with Gasteiger partial charge in [-0.05, 0) is 104 Å². The second-order valence-corrected chi connectivity index (χ2v) is 14.6. The molecule has 1 nitrogen and oxygen atoms in total. The van der Waals surface area contributed by atoms with E-state index >= 15 is 0 Å². The first-order chi connectivity index (χ1) is 27.7. The van der Waals surface area contributed by atoms with E-state index in [-0.39, 0.29) is 0 Å². The third-order valence-corrected chi connectivity index (χ3v) is 11.1. The molecule has 0 atom stereocenters. The van der Waals surface area contributed by atoms with Crippen LogP contribution in [0.4, 0.5) is 0 Å². The minimum absolute atomic E-state index is 0.922. The Morgan fingerprint density at radius 2 is 0.589 bits per heavy atom. The summed E-state index contributed by atoms with van der Waals surface area (Å²) < 4.78 is 2.39. The predicted molar refractivity (Wildman–Crippen MR) is 237 cm³/mol. The average molecular weight is 714 g/mol. The monoisotopic (exact) mass is 713 g/mol. The zero-order valence-corrected chi connectivity index (χ0v) is 31.0. The van der Waals surface area contributed by atoms with Crippen LogP contribution >= 0.6 is 0 Å². The fourth-order valence-corrected chi connectivity index (χ4v) is 8.07. The lowest BCUT2D eigenvalue weighted by Gasteiger charge is -2.10. The molecule has 0 fully saturated rings. The molecule has 56 heavy (non-hydrogen) atoms. The van der Waals surface area contributed by atoms with Crippen molar-refractivity contribution in [2.45, 2.75) is 6.42 Å². The molecular formula is C55H39N. The van der Waals surface area contributed by atoms with Crippen molar-refractivity contribution in [2.75, 3.05) is 0 Å². The molecule has 0 saturated heterocycles. The van der Waals surface area contributed by atoms with E-state index in [1.165, 1.54) is 88.6 Å². The van der Waals surface area contributed by atoms with Crippen LogP contribution in [0.15, 0.2) is 224 Å². The number of fused-ring (bicyclic) bond motifs is 3. The quantitative estimate of drug-likeness (QED) is 0.148. The Bertz CT molecular complexity index is 2900. The number of aromatic nitrogens is 1. The maximum absolute atomic E-state index is 2.39. The van der Waals surface area contributed by atoms with Gasteiger partial charge in [0, 0.05) is 16.5 Å². The maximum Gasteiger partial charge on any atom is 0.0541 e. The summed E-state index contributed by atoms with van der Waals surface area (Å²) in [4.78, 5) is 0. The molecule has 10 rings (SSSR count). The zero-order valence-electron chi connectivity index (χ0n) is 31.0. The van der Waals surface area contributed by atoms with Gasteiger partial charge in [-0.2, -0.15) is 0 Å². The molecule has 0 aliphatic rings. The molecule has 1 heterocycles. The van der Waals surface area contributed by atoms with Gasteiger partial charge in [-0.1, -0.05) is 194 Å². The lowest BCUT2D eigenvalue weighted by atomic mass is 9.96. The Labute approximate surface area is 328 Å². The fraction of sp³-hybridized carbons (Fsp3) is 0.0182. The standard InChI is InChI=1S/C55H39N/c1-3-9-41(10-4-1)43-19-15-39(16-20-43)37-40-17-21-44(22-18-40)45-23-25-46(26-24-45)47-27-29-49(30-28-47)50-33-36-55-53(38-50)52-13-7-8-14-54(52)56(55)51-34-31-48(32-35-51)42-11-5-2-6-12-42/h1-36,38H,37H2. The van der Waals surface area contributed by atoms with Crippen LogP contribution in [0, 0.1) is 0 Å². The normalized spacial score (nSPS) is 11.3. The molecule has 0 bridgehead atoms. The zero-order chi connectivity index (χ0) is 37.3. The Kier molecular flexibility index (Phi) is 8.67. The topological polar surface area (TPSA) is 4.93 Å². The van der Waals surface area contributed by atoms with E-state index in [0.29, 0.717) is 0 Å². The minimum atomic E-state index is 0.922. The molecule has 1 heteroatoms. The summed E-state index contributed by atoms with van der Waals surface area (Å²) in [5.41, 5.74) is 18.5. The highest BCUT2D eigenvalue weighted by molar-refractivity contribution is 6.10. The molecule has 10 aromatic rings. The smallest absolute Gasteiger partial charge is 0.0541 e. The highest BCUT2D eigenvalue weighted by atomic mass is 15.0. The molecule has 1 aromatic heterocycles. The number of rotatable bonds is 8. The van der Waals surface area contributed by atoms with Crippen LogP contribution in [0.5, 0.6) is 0 Å². The van der Waals surface area contributed by atoms with Gasteiger partial charge in [0.1, 0.15) is 0 Å². The van der Waals surface area contributed by atoms with Crippen molar-refractivity contribution in [3.63, 3.8) is 0 Å². The van der Waals surface area contributed by atoms with E-state index in [0.717, 1.165) is 12.1 Å². The highest BCUT2D eigenvalue weighted by Gasteiger charge is 2.14. The van der Waals surface area contributed by atoms with Crippen LogP contribution in [0.2, 0.25) is 0 Å². The van der Waals surface area contributed by atoms with Crippen molar-refractivity contribution in [3.05, 3.63) is 236 Å². The highest BCUT2D eigenvalue weighted by Crippen LogP contribution is 2.36. The van der Waals surface area contributed by atoms with E-state index in [2.05, 4.69) is 229 Å². The number of benzene rings is 9. The van der Waals surface area contributed by atoms with Crippen molar-refractivity contribution in [1.82, 2.24) is 4.57 Å². The van der Waals surface area contributed by atoms with Gasteiger partial charge in [0.15, 0.2) is 0 Å². The lowest BCUT2D eigenvalue weighted by molar-refractivity contribution is 1.18. The van der Waals surface area contributed by atoms with Crippen molar-refractivity contribution in [3.8, 4) is 61.3 Å². The predicted octanol–water partition coefficient (Wildman–Crippen LogP) is 14.7. The second-order valence-electron chi connectivity index (χ2n) is 14.6. The Hall–Kier alpha value is -7.22. The number of para-hydroxylation sites is 1. The lowest BCUT2D eigenvalue weighted by Crippen LogP contribution is -1.93. The van der Waals surface area contributed by atoms with Crippen LogP contribution in [0.3, 0.4) is 0 Å². The van der Waals surface area contributed by atoms with E-state index in [1.807, 2.05) is 0 Å². The third-order valence-electron chi connectivity index (χ3n) is 11.1. The molecule has 0 spiro atoms. The van der Waals surface area contributed by atoms with Gasteiger partial charge in [0.2, 0.25) is 0 Å². The first-order valence-corrected chi connectivity index (χ1v) is 19.4. The third kappa shape index (κ3) is 6.50. The summed E-state index contributed by atoms with van der Waals surface area (Å²) in [6, 6.07) is 81.5. The maximum atomic E-state index is 2.39. The first kappa shape index (κ1) is 33.4. The molecule has 0 aliphatic carbocycles. The van der Waals surface area contributed by atoms with Crippen LogP contribution in [-0.4, -0.2) is 4.57 Å². The Morgan fingerprint density at radius 1 is 0.250 bits per heavy atom. The van der Waals surface area contributed by atoms with Gasteiger partial charge < -0.3 is 4.57 Å². The SMILES string of the molecule is c1ccc(-c2ccc(Cc3ccc(-c4ccc(-c5ccc(-c6ccc7c(c6)c6ccccc6n7-c6ccc(-c7ccccc7)cc6)cc5)cc4)cc3)cc2)cc1. The van der Waals surface area contributed by atoms with E-state index in [1.54, 1.807) is 0 Å². The molecule has 9 aromatic carbocycles. The first-order valence-electron chi connectivity index (χ1n) is 19.4. The summed E-state index contributed by atoms with van der Waals surface area (Å²) >= 11 is 0. The molecule has 0 unspecified atom stereocenters. The van der Waals surface area contributed by atoms with Gasteiger partial charge in [-0.3, -0.25) is 0 Å². The van der Waals surface area contributed by atoms with Gasteiger partial charge in [0.25, 0.3) is 0 Å². The summed E-state index contributed by atoms with van der Waals surface area (Å²) in [6.45, 7) is 0. The fourth-order valence-electron chi connectivity index (χ4n) is 8.07. The molecule has 0 N–H and O–H groups in total. The molecule has 0 radical (unpaired) electrons. The molecule has 264 valence electrons. The van der Waals surface area contributed by atoms with E-state index < -0.39 is 0 Å². The van der Waals surface area contributed by atoms with E-state index in [4.69, 9.17) is 0 Å². The largest absolute Gasteiger partial charge is 0.309 e. The van der Waals surface area contributed by atoms with Gasteiger partial charge in [-0.25, -0.2) is 0 Å². The van der Waals surface area contributed by atoms with Crippen molar-refractivity contribution in [1.29, 1.82) is 0 Å². The Morgan fingerprint density at radius 3 is 1.07 bits per heavy atom. The van der Waals surface area contributed by atoms with E-state index in [9.17, 15) is 0 Å². The van der Waals surface area contributed by atoms with Gasteiger partial charge >= 0.3 is 0 Å². The second kappa shape index (κ2) is 14.5. The molecule has 0 aliphatic heterocycles. The summed E-state index contributed by atoms with van der Waals surface area (Å²) in [7, 11) is 0. The summed E-state index contributed by atoms with van der Waals surface area (Å²) in [5.74, 6) is 0. The number of nitrogens with zero attached hydrogens (tertiary/aromatic N) is 1. The summed E-state index contributed by atoms with van der Waals surface area (Å²) in [5, 5.41) is 2.52. The number of hydrogen-bond acceptors (Lipinski definition) is 0. The number of hydrogen-bond donors (Lipinski definition) is 0. The van der Waals surface area contributed by atoms with Crippen LogP contribution in [0.25, 0.3) is 83.1 Å². The van der Waals surface area contributed by atoms with Crippen molar-refractivity contribution < 1.29 is 0 Å². The van der Waals surface area contributed by atoms with Crippen molar-refractivity contribution in [2.24, 2.45) is 0 Å². The van der Waals surface area contributed by atoms with Crippen molar-refractivity contribution >= 4 is 21.8 Å². The Balaban J connectivity index is 0.852. The van der Waals surface area contributed by atoms with Crippen LogP contribution in [0.1, 0.15) is 11.1 Å². The minimum Gasteiger partial charge on any atom is -0.309 e. The van der Waals surface area contributed by atoms with Gasteiger partial charge in [-0.15, -0.1) is 0 Å². The molecular weight excluding hydrogens is 675 g/mol. The van der Waals surface area contributed by atoms with Gasteiger partial charge in [0.05, 0.1) is 11.0 Å². The molecule has 0 saturated carbocycles. The van der Waals surface area contributed by atoms with Crippen LogP contribution < -0.4 is 0 Å². The summed E-state index contributed by atoms with van der Waals surface area (Å²) in [6.07, 6.45) is 0.922. The molecule has 0 amide bonds. The average Bonchev–Trinajstić information content (AvgIpc) is 3.61. The van der Waals surface area contributed by atoms with Crippen LogP contribution in [-0.2, 0) is 6.42 Å².